The molecule has 2 aromatic carbocycles. The van der Waals surface area contributed by atoms with E-state index >= 15 is 0 Å². The average molecular weight is 414 g/mol. The predicted molar refractivity (Wildman–Crippen MR) is 121 cm³/mol. The molecule has 5 nitrogen and oxygen atoms in total. The van der Waals surface area contributed by atoms with Crippen molar-refractivity contribution in [3.63, 3.8) is 0 Å². The fourth-order valence-electron chi connectivity index (χ4n) is 4.46. The molecular formula is C26H27N3O2. The van der Waals surface area contributed by atoms with Gasteiger partial charge in [-0.25, -0.2) is 0 Å². The Morgan fingerprint density at radius 2 is 1.84 bits per heavy atom. The van der Waals surface area contributed by atoms with Gasteiger partial charge in [-0.05, 0) is 55.0 Å². The van der Waals surface area contributed by atoms with Crippen molar-refractivity contribution < 1.29 is 9.59 Å². The average Bonchev–Trinajstić information content (AvgIpc) is 2.80. The zero-order valence-electron chi connectivity index (χ0n) is 17.8. The van der Waals surface area contributed by atoms with Gasteiger partial charge in [0.2, 0.25) is 5.91 Å². The molecule has 1 aliphatic heterocycles. The number of likely N-dealkylation sites (tertiary alicyclic amines) is 1. The Morgan fingerprint density at radius 1 is 1.06 bits per heavy atom. The highest BCUT2D eigenvalue weighted by atomic mass is 16.2. The van der Waals surface area contributed by atoms with Crippen molar-refractivity contribution in [2.45, 2.75) is 26.2 Å². The van der Waals surface area contributed by atoms with Crippen LogP contribution in [0.5, 0.6) is 0 Å². The van der Waals surface area contributed by atoms with Gasteiger partial charge in [-0.2, -0.15) is 0 Å². The number of rotatable bonds is 5. The fraction of sp³-hybridized carbons (Fsp3) is 0.269. The van der Waals surface area contributed by atoms with E-state index in [-0.39, 0.29) is 11.8 Å². The summed E-state index contributed by atoms with van der Waals surface area (Å²) in [6.45, 7) is 2.99. The molecule has 1 aromatic heterocycles. The van der Waals surface area contributed by atoms with Crippen molar-refractivity contribution in [1.82, 2.24) is 9.88 Å². The van der Waals surface area contributed by atoms with Crippen LogP contribution in [0.2, 0.25) is 0 Å². The van der Waals surface area contributed by atoms with Crippen LogP contribution in [0.4, 0.5) is 0 Å². The smallest absolute Gasteiger partial charge is 0.255 e. The Kier molecular flexibility index (Phi) is 5.85. The lowest BCUT2D eigenvalue weighted by molar-refractivity contribution is -0.130. The zero-order valence-corrected chi connectivity index (χ0v) is 17.8. The summed E-state index contributed by atoms with van der Waals surface area (Å²) in [6, 6.07) is 20.0. The summed E-state index contributed by atoms with van der Waals surface area (Å²) in [5, 5.41) is 0. The van der Waals surface area contributed by atoms with E-state index in [2.05, 4.69) is 48.3 Å². The van der Waals surface area contributed by atoms with Gasteiger partial charge in [0.15, 0.2) is 0 Å². The molecule has 0 unspecified atom stereocenters. The summed E-state index contributed by atoms with van der Waals surface area (Å²) >= 11 is 0. The lowest BCUT2D eigenvalue weighted by atomic mass is 9.73. The zero-order chi connectivity index (χ0) is 21.8. The first-order chi connectivity index (χ1) is 15.0. The number of nitrogens with two attached hydrogens (primary N) is 1. The van der Waals surface area contributed by atoms with E-state index in [0.29, 0.717) is 31.5 Å². The largest absolute Gasteiger partial charge is 0.369 e. The third-order valence-corrected chi connectivity index (χ3v) is 6.20. The van der Waals surface area contributed by atoms with Gasteiger partial charge in [-0.15, -0.1) is 0 Å². The van der Waals surface area contributed by atoms with Gasteiger partial charge in [-0.3, -0.25) is 14.6 Å². The molecule has 1 saturated heterocycles. The molecule has 158 valence electrons. The van der Waals surface area contributed by atoms with Crippen molar-refractivity contribution in [1.29, 1.82) is 0 Å². The number of carbonyl (C=O) groups excluding carboxylic acids is 2. The topological polar surface area (TPSA) is 76.3 Å². The number of carbonyl (C=O) groups is 2. The molecule has 3 aromatic rings. The van der Waals surface area contributed by atoms with E-state index < -0.39 is 5.41 Å². The number of nitrogens with zero attached hydrogens (tertiary/aromatic N) is 2. The van der Waals surface area contributed by atoms with Crippen molar-refractivity contribution in [3.8, 4) is 11.1 Å². The summed E-state index contributed by atoms with van der Waals surface area (Å²) in [5.41, 5.74) is 10.2. The maximum atomic E-state index is 13.0. The Balaban J connectivity index is 1.65. The van der Waals surface area contributed by atoms with E-state index in [9.17, 15) is 9.59 Å². The fourth-order valence-corrected chi connectivity index (χ4v) is 4.46. The predicted octanol–water partition coefficient (Wildman–Crippen LogP) is 4.01. The van der Waals surface area contributed by atoms with Gasteiger partial charge in [0.05, 0.1) is 11.0 Å². The highest BCUT2D eigenvalue weighted by Crippen LogP contribution is 2.37. The first-order valence-electron chi connectivity index (χ1n) is 10.6. The number of primary amides is 1. The van der Waals surface area contributed by atoms with Crippen molar-refractivity contribution in [2.75, 3.05) is 13.1 Å². The summed E-state index contributed by atoms with van der Waals surface area (Å²) in [6.07, 6.45) is 5.12. The molecule has 2 heterocycles. The van der Waals surface area contributed by atoms with Crippen LogP contribution in [-0.4, -0.2) is 34.8 Å². The maximum Gasteiger partial charge on any atom is 0.255 e. The quantitative estimate of drug-likeness (QED) is 0.687. The molecule has 31 heavy (non-hydrogen) atoms. The Bertz CT molecular complexity index is 1080. The number of hydrogen-bond acceptors (Lipinski definition) is 3. The monoisotopic (exact) mass is 413 g/mol. The van der Waals surface area contributed by atoms with Crippen molar-refractivity contribution in [3.05, 3.63) is 89.7 Å². The Morgan fingerprint density at radius 3 is 2.55 bits per heavy atom. The molecule has 0 radical (unpaired) electrons. The molecule has 1 fully saturated rings. The van der Waals surface area contributed by atoms with E-state index in [0.717, 1.165) is 23.1 Å². The summed E-state index contributed by atoms with van der Waals surface area (Å²) in [4.78, 5) is 31.6. The summed E-state index contributed by atoms with van der Waals surface area (Å²) < 4.78 is 0. The highest BCUT2D eigenvalue weighted by molar-refractivity contribution is 5.94. The second kappa shape index (κ2) is 8.72. The van der Waals surface area contributed by atoms with Crippen molar-refractivity contribution in [2.24, 2.45) is 11.1 Å². The Hall–Kier alpha value is -3.47. The maximum absolute atomic E-state index is 13.0. The molecule has 0 spiro atoms. The van der Waals surface area contributed by atoms with Gasteiger partial charge in [0.1, 0.15) is 0 Å². The lowest BCUT2D eigenvalue weighted by Gasteiger charge is -2.41. The van der Waals surface area contributed by atoms with Crippen LogP contribution in [0.3, 0.4) is 0 Å². The molecule has 4 rings (SSSR count). The second-order valence-electron chi connectivity index (χ2n) is 8.42. The van der Waals surface area contributed by atoms with Crippen LogP contribution in [0.1, 0.15) is 34.3 Å². The van der Waals surface area contributed by atoms with Crippen LogP contribution in [0.25, 0.3) is 11.1 Å². The molecule has 0 saturated carbocycles. The van der Waals surface area contributed by atoms with E-state index in [4.69, 9.17) is 5.73 Å². The minimum atomic E-state index is -0.795. The van der Waals surface area contributed by atoms with Gasteiger partial charge in [-0.1, -0.05) is 54.1 Å². The lowest BCUT2D eigenvalue weighted by Crippen LogP contribution is -2.53. The number of hydrogen-bond donors (Lipinski definition) is 1. The number of piperidine rings is 1. The van der Waals surface area contributed by atoms with Crippen LogP contribution in [0.15, 0.2) is 73.1 Å². The summed E-state index contributed by atoms with van der Waals surface area (Å²) in [7, 11) is 0. The van der Waals surface area contributed by atoms with Gasteiger partial charge in [0, 0.05) is 25.5 Å². The SMILES string of the molecule is Cc1ccc(-c2ccccc2C[C@@]2(C(N)=O)CCCN(C(=O)c3cccnc3)C2)cc1. The third-order valence-electron chi connectivity index (χ3n) is 6.20. The van der Waals surface area contributed by atoms with Gasteiger partial charge in [0.25, 0.3) is 5.91 Å². The van der Waals surface area contributed by atoms with E-state index in [1.165, 1.54) is 5.56 Å². The first kappa shape index (κ1) is 20.8. The second-order valence-corrected chi connectivity index (χ2v) is 8.42. The molecule has 2 amide bonds. The normalized spacial score (nSPS) is 18.5. The van der Waals surface area contributed by atoms with Crippen molar-refractivity contribution >= 4 is 11.8 Å². The van der Waals surface area contributed by atoms with Crippen LogP contribution in [0, 0.1) is 12.3 Å². The van der Waals surface area contributed by atoms with Gasteiger partial charge >= 0.3 is 0 Å². The molecule has 1 atom stereocenters. The summed E-state index contributed by atoms with van der Waals surface area (Å²) in [5.74, 6) is -0.458. The minimum Gasteiger partial charge on any atom is -0.369 e. The first-order valence-corrected chi connectivity index (χ1v) is 10.6. The van der Waals surface area contributed by atoms with Crippen LogP contribution in [-0.2, 0) is 11.2 Å². The van der Waals surface area contributed by atoms with E-state index in [1.807, 2.05) is 12.1 Å². The van der Waals surface area contributed by atoms with Gasteiger partial charge < -0.3 is 10.6 Å². The molecule has 1 aliphatic rings. The molecule has 0 bridgehead atoms. The molecule has 2 N–H and O–H groups in total. The number of amides is 2. The number of aromatic nitrogens is 1. The highest BCUT2D eigenvalue weighted by Gasteiger charge is 2.42. The van der Waals surface area contributed by atoms with E-state index in [1.54, 1.807) is 29.4 Å². The number of benzene rings is 2. The molecular weight excluding hydrogens is 386 g/mol. The third kappa shape index (κ3) is 4.36. The van der Waals surface area contributed by atoms with Crippen LogP contribution >= 0.6 is 0 Å². The van der Waals surface area contributed by atoms with Crippen LogP contribution < -0.4 is 5.73 Å². The standard InChI is InChI=1S/C26H27N3O2/c1-19-9-11-20(12-10-19)23-8-3-2-6-21(23)16-26(25(27)31)13-5-15-29(18-26)24(30)22-7-4-14-28-17-22/h2-4,6-12,14,17H,5,13,15-16,18H2,1H3,(H2,27,31)/t26-/m0/s1. The minimum absolute atomic E-state index is 0.106. The number of pyridine rings is 1. The molecule has 0 aliphatic carbocycles. The molecule has 5 heteroatoms. The number of aryl methyl sites for hydroxylation is 1. The Labute approximate surface area is 182 Å².